The zero-order chi connectivity index (χ0) is 21.6. The highest BCUT2D eigenvalue weighted by molar-refractivity contribution is 7.87. The summed E-state index contributed by atoms with van der Waals surface area (Å²) >= 11 is 0. The second kappa shape index (κ2) is 7.27. The fraction of sp³-hybridized carbons (Fsp3) is 0.333. The van der Waals surface area contributed by atoms with Crippen molar-refractivity contribution in [2.45, 2.75) is 49.3 Å². The highest BCUT2D eigenvalue weighted by Gasteiger charge is 2.39. The summed E-state index contributed by atoms with van der Waals surface area (Å²) in [5.74, 6) is -0.313. The van der Waals surface area contributed by atoms with Crippen molar-refractivity contribution in [2.24, 2.45) is 5.92 Å². The van der Waals surface area contributed by atoms with Crippen LogP contribution in [-0.4, -0.2) is 21.4 Å². The minimum atomic E-state index is -4.66. The zero-order valence-electron chi connectivity index (χ0n) is 16.7. The Balaban J connectivity index is 2.15. The molecule has 29 heavy (non-hydrogen) atoms. The van der Waals surface area contributed by atoms with Gasteiger partial charge in [-0.1, -0.05) is 49.8 Å². The van der Waals surface area contributed by atoms with Crippen molar-refractivity contribution >= 4 is 20.2 Å². The molecule has 0 radical (unpaired) electrons. The monoisotopic (exact) mass is 436 g/mol. The summed E-state index contributed by atoms with van der Waals surface area (Å²) in [4.78, 5) is -0.605. The van der Waals surface area contributed by atoms with Gasteiger partial charge in [-0.15, -0.1) is 0 Å². The van der Waals surface area contributed by atoms with Gasteiger partial charge in [-0.2, -0.15) is 16.8 Å². The van der Waals surface area contributed by atoms with E-state index in [-0.39, 0.29) is 10.8 Å². The van der Waals surface area contributed by atoms with Gasteiger partial charge < -0.3 is 4.18 Å². The third-order valence-electron chi connectivity index (χ3n) is 5.57. The fourth-order valence-electron chi connectivity index (χ4n) is 3.64. The van der Waals surface area contributed by atoms with Crippen LogP contribution in [0.25, 0.3) is 0 Å². The van der Waals surface area contributed by atoms with Gasteiger partial charge in [0.25, 0.3) is 10.1 Å². The van der Waals surface area contributed by atoms with Gasteiger partial charge in [-0.05, 0) is 55.5 Å². The van der Waals surface area contributed by atoms with Gasteiger partial charge in [0.15, 0.2) is 5.75 Å². The van der Waals surface area contributed by atoms with Crippen LogP contribution in [0.4, 0.5) is 0 Å². The van der Waals surface area contributed by atoms with Crippen molar-refractivity contribution in [3.63, 3.8) is 0 Å². The van der Waals surface area contributed by atoms with E-state index >= 15 is 0 Å². The largest absolute Gasteiger partial charge is 0.377 e. The van der Waals surface area contributed by atoms with Gasteiger partial charge in [-0.3, -0.25) is 4.55 Å². The summed E-state index contributed by atoms with van der Waals surface area (Å²) in [6, 6.07) is 8.84. The van der Waals surface area contributed by atoms with Crippen LogP contribution in [0.2, 0.25) is 0 Å². The van der Waals surface area contributed by atoms with Crippen molar-refractivity contribution in [2.75, 3.05) is 0 Å². The second-order valence-electron chi connectivity index (χ2n) is 7.80. The first-order valence-electron chi connectivity index (χ1n) is 9.15. The molecule has 2 atom stereocenters. The Hall–Kier alpha value is -2.16. The molecule has 0 bridgehead atoms. The van der Waals surface area contributed by atoms with Crippen LogP contribution in [0.5, 0.6) is 5.75 Å². The van der Waals surface area contributed by atoms with Gasteiger partial charge in [-0.25, -0.2) is 0 Å². The van der Waals surface area contributed by atoms with E-state index in [9.17, 15) is 21.4 Å². The van der Waals surface area contributed by atoms with Crippen molar-refractivity contribution in [1.29, 1.82) is 0 Å². The molecule has 0 spiro atoms. The minimum absolute atomic E-state index is 0.0102. The average molecular weight is 437 g/mol. The molecule has 1 aliphatic carbocycles. The summed E-state index contributed by atoms with van der Waals surface area (Å²) in [6.07, 6.45) is 4.76. The molecule has 0 aliphatic heterocycles. The molecule has 2 aromatic carbocycles. The SMILES string of the molecule is Cc1ccc(S(=O)(=O)O)c(OS(=O)(=O)c2ccc(C)cc2C2(C)CC=CC2C)c1. The summed E-state index contributed by atoms with van der Waals surface area (Å²) < 4.78 is 64.5. The lowest BCUT2D eigenvalue weighted by Gasteiger charge is -2.32. The van der Waals surface area contributed by atoms with E-state index in [1.165, 1.54) is 18.2 Å². The predicted octanol–water partition coefficient (Wildman–Crippen LogP) is 4.17. The lowest BCUT2D eigenvalue weighted by molar-refractivity contribution is 0.389. The van der Waals surface area contributed by atoms with Gasteiger partial charge in [0, 0.05) is 5.41 Å². The Morgan fingerprint density at radius 2 is 1.59 bits per heavy atom. The van der Waals surface area contributed by atoms with E-state index in [0.717, 1.165) is 11.6 Å². The number of rotatable bonds is 5. The highest BCUT2D eigenvalue weighted by Crippen LogP contribution is 2.44. The molecule has 8 heteroatoms. The van der Waals surface area contributed by atoms with E-state index in [4.69, 9.17) is 4.18 Å². The Morgan fingerprint density at radius 3 is 2.14 bits per heavy atom. The Bertz CT molecular complexity index is 1200. The van der Waals surface area contributed by atoms with Crippen molar-refractivity contribution in [1.82, 2.24) is 0 Å². The quantitative estimate of drug-likeness (QED) is 0.429. The van der Waals surface area contributed by atoms with Crippen molar-refractivity contribution in [3.05, 3.63) is 65.2 Å². The molecule has 2 unspecified atom stereocenters. The van der Waals surface area contributed by atoms with Gasteiger partial charge in [0.1, 0.15) is 9.79 Å². The van der Waals surface area contributed by atoms with Gasteiger partial charge in [0.05, 0.1) is 0 Å². The highest BCUT2D eigenvalue weighted by atomic mass is 32.2. The lowest BCUT2D eigenvalue weighted by atomic mass is 9.74. The van der Waals surface area contributed by atoms with Crippen LogP contribution < -0.4 is 4.18 Å². The molecule has 0 aromatic heterocycles. The van der Waals surface area contributed by atoms with E-state index in [1.54, 1.807) is 13.0 Å². The number of hydrogen-bond acceptors (Lipinski definition) is 5. The van der Waals surface area contributed by atoms with Gasteiger partial charge >= 0.3 is 10.1 Å². The molecule has 3 rings (SSSR count). The Kier molecular flexibility index (Phi) is 5.40. The standard InChI is InChI=1S/C21H24O6S2/c1-14-7-9-19(17(12-14)21(4)11-5-6-16(21)3)29(25,26)27-18-13-15(2)8-10-20(18)28(22,23)24/h5-10,12-13,16H,11H2,1-4H3,(H,22,23,24). The summed E-state index contributed by atoms with van der Waals surface area (Å²) in [5, 5.41) is 0. The normalized spacial score (nSPS) is 22.0. The molecule has 0 heterocycles. The van der Waals surface area contributed by atoms with Gasteiger partial charge in [0.2, 0.25) is 0 Å². The number of benzene rings is 2. The predicted molar refractivity (Wildman–Crippen MR) is 110 cm³/mol. The molecule has 2 aromatic rings. The van der Waals surface area contributed by atoms with Crippen LogP contribution in [0.1, 0.15) is 37.0 Å². The molecule has 6 nitrogen and oxygen atoms in total. The van der Waals surface area contributed by atoms with Crippen LogP contribution in [0.15, 0.2) is 58.3 Å². The molecule has 0 fully saturated rings. The molecule has 156 valence electrons. The smallest absolute Gasteiger partial charge is 0.339 e. The van der Waals surface area contributed by atoms with Crippen molar-refractivity contribution in [3.8, 4) is 5.75 Å². The molecule has 1 aliphatic rings. The Labute approximate surface area is 172 Å². The molecule has 0 amide bonds. The Morgan fingerprint density at radius 1 is 1.00 bits per heavy atom. The molecule has 0 saturated carbocycles. The third-order valence-corrected chi connectivity index (χ3v) is 7.75. The van der Waals surface area contributed by atoms with E-state index in [2.05, 4.69) is 6.08 Å². The van der Waals surface area contributed by atoms with E-state index < -0.39 is 36.3 Å². The average Bonchev–Trinajstić information content (AvgIpc) is 2.93. The number of aryl methyl sites for hydroxylation is 2. The van der Waals surface area contributed by atoms with E-state index in [1.807, 2.05) is 32.9 Å². The maximum Gasteiger partial charge on any atom is 0.339 e. The lowest BCUT2D eigenvalue weighted by Crippen LogP contribution is -2.29. The molecular weight excluding hydrogens is 412 g/mol. The van der Waals surface area contributed by atoms with Crippen LogP contribution in [0, 0.1) is 19.8 Å². The molecule has 0 saturated heterocycles. The van der Waals surface area contributed by atoms with E-state index in [0.29, 0.717) is 17.5 Å². The van der Waals surface area contributed by atoms with Crippen LogP contribution in [-0.2, 0) is 25.7 Å². The maximum absolute atomic E-state index is 13.2. The summed E-state index contributed by atoms with van der Waals surface area (Å²) in [7, 11) is -9.02. The first-order chi connectivity index (χ1) is 13.3. The number of hydrogen-bond donors (Lipinski definition) is 1. The third kappa shape index (κ3) is 4.10. The zero-order valence-corrected chi connectivity index (χ0v) is 18.3. The van der Waals surface area contributed by atoms with Crippen molar-refractivity contribution < 1.29 is 25.6 Å². The molecular formula is C21H24O6S2. The summed E-state index contributed by atoms with van der Waals surface area (Å²) in [6.45, 7) is 7.58. The maximum atomic E-state index is 13.2. The minimum Gasteiger partial charge on any atom is -0.377 e. The van der Waals surface area contributed by atoms with Crippen LogP contribution >= 0.6 is 0 Å². The topological polar surface area (TPSA) is 97.7 Å². The second-order valence-corrected chi connectivity index (χ2v) is 10.7. The van der Waals surface area contributed by atoms with Crippen LogP contribution in [0.3, 0.4) is 0 Å². The summed E-state index contributed by atoms with van der Waals surface area (Å²) in [5.41, 5.74) is 1.69. The fourth-order valence-corrected chi connectivity index (χ4v) is 5.54. The molecule has 1 N–H and O–H groups in total. The number of allylic oxidation sites excluding steroid dienone is 2. The first kappa shape index (κ1) is 21.5. The first-order valence-corrected chi connectivity index (χ1v) is 12.0.